The monoisotopic (exact) mass is 427 g/mol. The Hall–Kier alpha value is -3.36. The van der Waals surface area contributed by atoms with Crippen molar-refractivity contribution in [3.8, 4) is 11.3 Å². The normalized spacial score (nSPS) is 12.8. The SMILES string of the molecule is CC(C)c1ccc2ccc3c4ccnc5c4c(cc3c2c1)Sc1cc2ccccc2cc1-5. The molecule has 0 unspecified atom stereocenters. The van der Waals surface area contributed by atoms with Gasteiger partial charge in [-0.05, 0) is 73.5 Å². The van der Waals surface area contributed by atoms with E-state index in [2.05, 4.69) is 92.7 Å². The van der Waals surface area contributed by atoms with Crippen LogP contribution in [0, 0.1) is 0 Å². The second kappa shape index (κ2) is 6.57. The maximum Gasteiger partial charge on any atom is 0.0803 e. The van der Waals surface area contributed by atoms with Gasteiger partial charge in [-0.3, -0.25) is 4.98 Å². The molecule has 0 aliphatic carbocycles. The molecule has 0 amide bonds. The Morgan fingerprint density at radius 2 is 1.47 bits per heavy atom. The summed E-state index contributed by atoms with van der Waals surface area (Å²) in [5.41, 5.74) is 3.74. The number of benzene rings is 5. The Morgan fingerprint density at radius 3 is 2.31 bits per heavy atom. The van der Waals surface area contributed by atoms with Crippen LogP contribution < -0.4 is 0 Å². The van der Waals surface area contributed by atoms with Crippen molar-refractivity contribution >= 4 is 54.9 Å². The molecular weight excluding hydrogens is 406 g/mol. The van der Waals surface area contributed by atoms with Crippen LogP contribution in [0.25, 0.3) is 54.3 Å². The standard InChI is InChI=1S/C30H21NS/c1-17(2)19-8-7-18-9-10-22-23-11-12-31-30-26-14-20-5-3-4-6-21(20)15-27(26)32-28(29(23)30)16-25(22)24(18)13-19/h3-17H,1-2H3. The molecule has 5 aromatic carbocycles. The lowest BCUT2D eigenvalue weighted by Gasteiger charge is -2.22. The van der Waals surface area contributed by atoms with Crippen molar-refractivity contribution in [2.45, 2.75) is 29.6 Å². The van der Waals surface area contributed by atoms with Gasteiger partial charge in [0.1, 0.15) is 0 Å². The third kappa shape index (κ3) is 2.50. The Morgan fingerprint density at radius 1 is 0.656 bits per heavy atom. The topological polar surface area (TPSA) is 12.9 Å². The number of fused-ring (bicyclic) bond motifs is 7. The molecular formula is C30H21NS. The number of nitrogens with zero attached hydrogens (tertiary/aromatic N) is 1. The number of aromatic nitrogens is 1. The quantitative estimate of drug-likeness (QED) is 0.242. The average Bonchev–Trinajstić information content (AvgIpc) is 2.82. The van der Waals surface area contributed by atoms with Crippen LogP contribution in [0.1, 0.15) is 25.3 Å². The van der Waals surface area contributed by atoms with Crippen LogP contribution in [-0.2, 0) is 0 Å². The van der Waals surface area contributed by atoms with E-state index in [0.717, 1.165) is 5.69 Å². The number of rotatable bonds is 1. The van der Waals surface area contributed by atoms with Crippen LogP contribution >= 0.6 is 11.8 Å². The molecule has 7 rings (SSSR count). The van der Waals surface area contributed by atoms with Crippen LogP contribution in [0.5, 0.6) is 0 Å². The van der Waals surface area contributed by atoms with E-state index >= 15 is 0 Å². The molecule has 2 heteroatoms. The van der Waals surface area contributed by atoms with Crippen LogP contribution in [0.15, 0.2) is 94.9 Å². The van der Waals surface area contributed by atoms with Gasteiger partial charge < -0.3 is 0 Å². The van der Waals surface area contributed by atoms with Crippen molar-refractivity contribution in [3.63, 3.8) is 0 Å². The molecule has 1 aliphatic rings. The molecule has 6 aromatic rings. The Bertz CT molecular complexity index is 1730. The van der Waals surface area contributed by atoms with Gasteiger partial charge in [-0.2, -0.15) is 0 Å². The maximum atomic E-state index is 4.88. The molecule has 0 saturated heterocycles. The molecule has 0 N–H and O–H groups in total. The minimum Gasteiger partial charge on any atom is -0.256 e. The molecule has 0 spiro atoms. The minimum atomic E-state index is 0.513. The number of pyridine rings is 1. The molecule has 0 atom stereocenters. The molecule has 1 aromatic heterocycles. The molecule has 0 bridgehead atoms. The molecule has 1 aliphatic heterocycles. The molecule has 0 radical (unpaired) electrons. The summed E-state index contributed by atoms with van der Waals surface area (Å²) in [5.74, 6) is 0.513. The summed E-state index contributed by atoms with van der Waals surface area (Å²) in [6.45, 7) is 4.53. The summed E-state index contributed by atoms with van der Waals surface area (Å²) >= 11 is 1.88. The number of hydrogen-bond acceptors (Lipinski definition) is 2. The first-order valence-electron chi connectivity index (χ1n) is 11.2. The largest absolute Gasteiger partial charge is 0.256 e. The lowest BCUT2D eigenvalue weighted by atomic mass is 9.92. The smallest absolute Gasteiger partial charge is 0.0803 e. The highest BCUT2D eigenvalue weighted by Crippen LogP contribution is 2.50. The lowest BCUT2D eigenvalue weighted by Crippen LogP contribution is -1.97. The van der Waals surface area contributed by atoms with E-state index in [0.29, 0.717) is 5.92 Å². The van der Waals surface area contributed by atoms with Crippen LogP contribution in [0.3, 0.4) is 0 Å². The molecule has 2 heterocycles. The van der Waals surface area contributed by atoms with Gasteiger partial charge in [0.05, 0.1) is 5.69 Å². The fourth-order valence-electron chi connectivity index (χ4n) is 5.14. The van der Waals surface area contributed by atoms with Crippen molar-refractivity contribution < 1.29 is 0 Å². The minimum absolute atomic E-state index is 0.513. The van der Waals surface area contributed by atoms with Crippen molar-refractivity contribution in [2.75, 3.05) is 0 Å². The third-order valence-corrected chi connectivity index (χ3v) is 7.94. The van der Waals surface area contributed by atoms with Gasteiger partial charge in [0.25, 0.3) is 0 Å². The van der Waals surface area contributed by atoms with Gasteiger partial charge in [0, 0.05) is 26.9 Å². The summed E-state index contributed by atoms with van der Waals surface area (Å²) in [4.78, 5) is 7.48. The maximum absolute atomic E-state index is 4.88. The average molecular weight is 428 g/mol. The zero-order chi connectivity index (χ0) is 21.4. The fourth-order valence-corrected chi connectivity index (χ4v) is 6.31. The summed E-state index contributed by atoms with van der Waals surface area (Å²) < 4.78 is 0. The molecule has 1 nitrogen and oxygen atoms in total. The van der Waals surface area contributed by atoms with E-state index < -0.39 is 0 Å². The molecule has 0 saturated carbocycles. The van der Waals surface area contributed by atoms with E-state index in [-0.39, 0.29) is 0 Å². The Labute approximate surface area is 191 Å². The van der Waals surface area contributed by atoms with Crippen molar-refractivity contribution in [1.29, 1.82) is 0 Å². The molecule has 0 fully saturated rings. The van der Waals surface area contributed by atoms with Gasteiger partial charge >= 0.3 is 0 Å². The summed E-state index contributed by atoms with van der Waals surface area (Å²) in [6.07, 6.45) is 1.98. The van der Waals surface area contributed by atoms with Gasteiger partial charge in [0.2, 0.25) is 0 Å². The van der Waals surface area contributed by atoms with Crippen LogP contribution in [-0.4, -0.2) is 4.98 Å². The van der Waals surface area contributed by atoms with Crippen LogP contribution in [0.4, 0.5) is 0 Å². The first-order valence-corrected chi connectivity index (χ1v) is 12.0. The fraction of sp³-hybridized carbons (Fsp3) is 0.100. The third-order valence-electron chi connectivity index (χ3n) is 6.84. The second-order valence-corrected chi connectivity index (χ2v) is 10.1. The summed E-state index contributed by atoms with van der Waals surface area (Å²) in [6, 6.07) is 29.3. The van der Waals surface area contributed by atoms with E-state index in [9.17, 15) is 0 Å². The van der Waals surface area contributed by atoms with E-state index in [4.69, 9.17) is 4.98 Å². The molecule has 152 valence electrons. The van der Waals surface area contributed by atoms with Crippen molar-refractivity contribution in [2.24, 2.45) is 0 Å². The summed E-state index contributed by atoms with van der Waals surface area (Å²) in [7, 11) is 0. The van der Waals surface area contributed by atoms with E-state index in [1.807, 2.05) is 18.0 Å². The van der Waals surface area contributed by atoms with Gasteiger partial charge in [-0.1, -0.05) is 80.2 Å². The first kappa shape index (κ1) is 18.2. The van der Waals surface area contributed by atoms with Crippen molar-refractivity contribution in [3.05, 3.63) is 90.6 Å². The highest BCUT2D eigenvalue weighted by atomic mass is 32.2. The predicted molar refractivity (Wildman–Crippen MR) is 138 cm³/mol. The van der Waals surface area contributed by atoms with E-state index in [1.54, 1.807) is 0 Å². The lowest BCUT2D eigenvalue weighted by molar-refractivity contribution is 0.869. The Balaban J connectivity index is 1.61. The van der Waals surface area contributed by atoms with Gasteiger partial charge in [0.15, 0.2) is 0 Å². The van der Waals surface area contributed by atoms with Crippen molar-refractivity contribution in [1.82, 2.24) is 4.98 Å². The molecule has 32 heavy (non-hydrogen) atoms. The van der Waals surface area contributed by atoms with Crippen LogP contribution in [0.2, 0.25) is 0 Å². The van der Waals surface area contributed by atoms with E-state index in [1.165, 1.54) is 64.0 Å². The first-order chi connectivity index (χ1) is 15.7. The highest BCUT2D eigenvalue weighted by Gasteiger charge is 2.23. The Kier molecular flexibility index (Phi) is 3.74. The highest BCUT2D eigenvalue weighted by molar-refractivity contribution is 7.99. The van der Waals surface area contributed by atoms with Gasteiger partial charge in [-0.25, -0.2) is 0 Å². The number of hydrogen-bond donors (Lipinski definition) is 0. The second-order valence-electron chi connectivity index (χ2n) is 9.05. The summed E-state index contributed by atoms with van der Waals surface area (Å²) in [5, 5.41) is 10.4. The van der Waals surface area contributed by atoms with Gasteiger partial charge in [-0.15, -0.1) is 0 Å². The zero-order valence-corrected chi connectivity index (χ0v) is 18.8. The zero-order valence-electron chi connectivity index (χ0n) is 18.0. The predicted octanol–water partition coefficient (Wildman–Crippen LogP) is 8.95.